The van der Waals surface area contributed by atoms with Crippen LogP contribution in [0.25, 0.3) is 0 Å². The summed E-state index contributed by atoms with van der Waals surface area (Å²) < 4.78 is 0. The van der Waals surface area contributed by atoms with Gasteiger partial charge in [-0.05, 0) is 31.4 Å². The molecule has 0 spiro atoms. The zero-order chi connectivity index (χ0) is 15.5. The first-order valence-electron chi connectivity index (χ1n) is 8.22. The number of anilines is 1. The van der Waals surface area contributed by atoms with Gasteiger partial charge in [-0.15, -0.1) is 0 Å². The molecule has 0 unspecified atom stereocenters. The van der Waals surface area contributed by atoms with Gasteiger partial charge in [0.2, 0.25) is 0 Å². The fourth-order valence-electron chi connectivity index (χ4n) is 2.29. The number of pyridine rings is 1. The van der Waals surface area contributed by atoms with Crippen LogP contribution in [-0.4, -0.2) is 30.5 Å². The standard InChI is InChI=1S/C17H29N3O/c1-4-7-8-10-19-17(21)15-9-11-18-16(14-15)20(12-5-2)13-6-3/h9,11,14H,4-8,10,12-13H2,1-3H3,(H,19,21). The number of carbonyl (C=O) groups is 1. The highest BCUT2D eigenvalue weighted by atomic mass is 16.1. The Labute approximate surface area is 129 Å². The van der Waals surface area contributed by atoms with Crippen LogP contribution in [0.2, 0.25) is 0 Å². The lowest BCUT2D eigenvalue weighted by molar-refractivity contribution is 0.0953. The summed E-state index contributed by atoms with van der Waals surface area (Å²) in [6.45, 7) is 9.18. The van der Waals surface area contributed by atoms with Gasteiger partial charge in [-0.1, -0.05) is 33.6 Å². The van der Waals surface area contributed by atoms with Crippen LogP contribution in [0.3, 0.4) is 0 Å². The maximum absolute atomic E-state index is 12.1. The SMILES string of the molecule is CCCCCNC(=O)c1ccnc(N(CCC)CCC)c1. The van der Waals surface area contributed by atoms with Crippen molar-refractivity contribution in [1.82, 2.24) is 10.3 Å². The maximum Gasteiger partial charge on any atom is 0.251 e. The van der Waals surface area contributed by atoms with E-state index in [9.17, 15) is 4.79 Å². The summed E-state index contributed by atoms with van der Waals surface area (Å²) >= 11 is 0. The van der Waals surface area contributed by atoms with Crippen molar-refractivity contribution in [2.24, 2.45) is 0 Å². The topological polar surface area (TPSA) is 45.2 Å². The molecule has 0 saturated heterocycles. The molecule has 1 heterocycles. The van der Waals surface area contributed by atoms with Gasteiger partial charge >= 0.3 is 0 Å². The zero-order valence-corrected chi connectivity index (χ0v) is 13.7. The molecule has 1 N–H and O–H groups in total. The predicted molar refractivity (Wildman–Crippen MR) is 88.9 cm³/mol. The number of hydrogen-bond acceptors (Lipinski definition) is 3. The summed E-state index contributed by atoms with van der Waals surface area (Å²) in [5.74, 6) is 0.905. The molecule has 1 aromatic rings. The van der Waals surface area contributed by atoms with Crippen LogP contribution >= 0.6 is 0 Å². The van der Waals surface area contributed by atoms with Gasteiger partial charge in [0.15, 0.2) is 0 Å². The Morgan fingerprint density at radius 2 is 1.86 bits per heavy atom. The van der Waals surface area contributed by atoms with Crippen molar-refractivity contribution in [2.45, 2.75) is 52.9 Å². The fourth-order valence-corrected chi connectivity index (χ4v) is 2.29. The summed E-state index contributed by atoms with van der Waals surface area (Å²) in [5.41, 5.74) is 0.703. The number of unbranched alkanes of at least 4 members (excludes halogenated alkanes) is 2. The third-order valence-electron chi connectivity index (χ3n) is 3.38. The smallest absolute Gasteiger partial charge is 0.251 e. The molecular weight excluding hydrogens is 262 g/mol. The summed E-state index contributed by atoms with van der Waals surface area (Å²) in [6.07, 6.45) is 7.25. The Morgan fingerprint density at radius 1 is 1.14 bits per heavy atom. The number of hydrogen-bond donors (Lipinski definition) is 1. The fraction of sp³-hybridized carbons (Fsp3) is 0.647. The Hall–Kier alpha value is -1.58. The van der Waals surface area contributed by atoms with Crippen LogP contribution in [0.4, 0.5) is 5.82 Å². The summed E-state index contributed by atoms with van der Waals surface area (Å²) in [4.78, 5) is 18.8. The van der Waals surface area contributed by atoms with Gasteiger partial charge in [-0.2, -0.15) is 0 Å². The van der Waals surface area contributed by atoms with Crippen LogP contribution in [0, 0.1) is 0 Å². The van der Waals surface area contributed by atoms with Crippen molar-refractivity contribution in [3.8, 4) is 0 Å². The number of amides is 1. The molecule has 4 heteroatoms. The molecule has 0 aliphatic heterocycles. The first-order chi connectivity index (χ1) is 10.2. The second-order valence-corrected chi connectivity index (χ2v) is 5.35. The van der Waals surface area contributed by atoms with E-state index >= 15 is 0 Å². The van der Waals surface area contributed by atoms with Gasteiger partial charge in [0.1, 0.15) is 5.82 Å². The van der Waals surface area contributed by atoms with Crippen molar-refractivity contribution >= 4 is 11.7 Å². The zero-order valence-electron chi connectivity index (χ0n) is 13.7. The van der Waals surface area contributed by atoms with E-state index < -0.39 is 0 Å². The van der Waals surface area contributed by atoms with Crippen molar-refractivity contribution in [3.63, 3.8) is 0 Å². The molecule has 0 saturated carbocycles. The van der Waals surface area contributed by atoms with E-state index in [4.69, 9.17) is 0 Å². The van der Waals surface area contributed by atoms with Crippen molar-refractivity contribution in [2.75, 3.05) is 24.5 Å². The number of rotatable bonds is 10. The van der Waals surface area contributed by atoms with E-state index in [-0.39, 0.29) is 5.91 Å². The lowest BCUT2D eigenvalue weighted by Gasteiger charge is -2.22. The van der Waals surface area contributed by atoms with Crippen molar-refractivity contribution < 1.29 is 4.79 Å². The molecular formula is C17H29N3O. The molecule has 0 atom stereocenters. The number of nitrogens with zero attached hydrogens (tertiary/aromatic N) is 2. The van der Waals surface area contributed by atoms with E-state index in [0.717, 1.165) is 57.6 Å². The van der Waals surface area contributed by atoms with Gasteiger partial charge in [-0.3, -0.25) is 4.79 Å². The average Bonchev–Trinajstić information content (AvgIpc) is 2.51. The number of nitrogens with one attached hydrogen (secondary N) is 1. The highest BCUT2D eigenvalue weighted by Crippen LogP contribution is 2.14. The third-order valence-corrected chi connectivity index (χ3v) is 3.38. The van der Waals surface area contributed by atoms with Crippen LogP contribution in [0.5, 0.6) is 0 Å². The molecule has 21 heavy (non-hydrogen) atoms. The number of carbonyl (C=O) groups excluding carboxylic acids is 1. The lowest BCUT2D eigenvalue weighted by Crippen LogP contribution is -2.27. The summed E-state index contributed by atoms with van der Waals surface area (Å²) in [5, 5.41) is 2.98. The van der Waals surface area contributed by atoms with E-state index in [2.05, 4.69) is 36.0 Å². The van der Waals surface area contributed by atoms with Gasteiger partial charge in [-0.25, -0.2) is 4.98 Å². The molecule has 1 aromatic heterocycles. The monoisotopic (exact) mass is 291 g/mol. The molecule has 118 valence electrons. The molecule has 0 aliphatic rings. The minimum atomic E-state index is 0.00250. The van der Waals surface area contributed by atoms with Crippen LogP contribution < -0.4 is 10.2 Å². The lowest BCUT2D eigenvalue weighted by atomic mass is 10.2. The van der Waals surface area contributed by atoms with Crippen molar-refractivity contribution in [3.05, 3.63) is 23.9 Å². The number of aromatic nitrogens is 1. The minimum Gasteiger partial charge on any atom is -0.357 e. The van der Waals surface area contributed by atoms with E-state index in [1.807, 2.05) is 6.07 Å². The predicted octanol–water partition coefficient (Wildman–Crippen LogP) is 3.63. The molecule has 0 bridgehead atoms. The summed E-state index contributed by atoms with van der Waals surface area (Å²) in [7, 11) is 0. The third kappa shape index (κ3) is 6.15. The molecule has 0 aliphatic carbocycles. The Balaban J connectivity index is 2.67. The molecule has 0 aromatic carbocycles. The highest BCUT2D eigenvalue weighted by molar-refractivity contribution is 5.94. The van der Waals surface area contributed by atoms with Crippen LogP contribution in [0.1, 0.15) is 63.2 Å². The van der Waals surface area contributed by atoms with Gasteiger partial charge in [0, 0.05) is 31.4 Å². The second kappa shape index (κ2) is 10.2. The normalized spacial score (nSPS) is 10.4. The van der Waals surface area contributed by atoms with Gasteiger partial charge in [0.05, 0.1) is 0 Å². The minimum absolute atomic E-state index is 0.00250. The Kier molecular flexibility index (Phi) is 8.48. The van der Waals surface area contributed by atoms with Crippen molar-refractivity contribution in [1.29, 1.82) is 0 Å². The first kappa shape index (κ1) is 17.5. The molecule has 1 rings (SSSR count). The Bertz CT molecular complexity index is 414. The highest BCUT2D eigenvalue weighted by Gasteiger charge is 2.10. The van der Waals surface area contributed by atoms with E-state index in [0.29, 0.717) is 5.56 Å². The molecule has 0 fully saturated rings. The van der Waals surface area contributed by atoms with Crippen LogP contribution in [0.15, 0.2) is 18.3 Å². The quantitative estimate of drug-likeness (QED) is 0.670. The molecule has 4 nitrogen and oxygen atoms in total. The average molecular weight is 291 g/mol. The second-order valence-electron chi connectivity index (χ2n) is 5.35. The molecule has 0 radical (unpaired) electrons. The Morgan fingerprint density at radius 3 is 2.48 bits per heavy atom. The summed E-state index contributed by atoms with van der Waals surface area (Å²) in [6, 6.07) is 3.69. The van der Waals surface area contributed by atoms with E-state index in [1.54, 1.807) is 12.3 Å². The maximum atomic E-state index is 12.1. The van der Waals surface area contributed by atoms with Gasteiger partial charge < -0.3 is 10.2 Å². The van der Waals surface area contributed by atoms with Crippen LogP contribution in [-0.2, 0) is 0 Å². The van der Waals surface area contributed by atoms with Gasteiger partial charge in [0.25, 0.3) is 5.91 Å². The largest absolute Gasteiger partial charge is 0.357 e. The molecule has 1 amide bonds. The first-order valence-corrected chi connectivity index (χ1v) is 8.22. The van der Waals surface area contributed by atoms with E-state index in [1.165, 1.54) is 0 Å².